The van der Waals surface area contributed by atoms with E-state index in [0.717, 1.165) is 17.0 Å². The Morgan fingerprint density at radius 1 is 0.960 bits per heavy atom. The summed E-state index contributed by atoms with van der Waals surface area (Å²) in [7, 11) is 0. The van der Waals surface area contributed by atoms with E-state index in [-0.39, 0.29) is 12.6 Å². The van der Waals surface area contributed by atoms with Crippen LogP contribution in [0.25, 0.3) is 0 Å². The summed E-state index contributed by atoms with van der Waals surface area (Å²) < 4.78 is 5.84. The van der Waals surface area contributed by atoms with Gasteiger partial charge in [0.05, 0.1) is 0 Å². The second kappa shape index (κ2) is 7.17. The van der Waals surface area contributed by atoms with Crippen LogP contribution in [0.3, 0.4) is 0 Å². The van der Waals surface area contributed by atoms with Gasteiger partial charge in [-0.1, -0.05) is 29.8 Å². The second-order valence-corrected chi connectivity index (χ2v) is 5.91. The van der Waals surface area contributed by atoms with Crippen molar-refractivity contribution in [3.8, 4) is 5.75 Å². The topological polar surface area (TPSA) is 86.0 Å². The summed E-state index contributed by atoms with van der Waals surface area (Å²) in [6.45, 7) is 6.33. The third kappa shape index (κ3) is 4.23. The van der Waals surface area contributed by atoms with E-state index in [2.05, 4.69) is 20.3 Å². The van der Waals surface area contributed by atoms with Gasteiger partial charge in [-0.25, -0.2) is 0 Å². The number of anilines is 3. The molecular weight excluding hydrogens is 314 g/mol. The van der Waals surface area contributed by atoms with Gasteiger partial charge in [0.25, 0.3) is 0 Å². The fraction of sp³-hybridized carbons (Fsp3) is 0.211. The first-order valence-electron chi connectivity index (χ1n) is 8.04. The molecule has 0 saturated heterocycles. The Labute approximate surface area is 147 Å². The Balaban J connectivity index is 1.75. The number of hydrogen-bond acceptors (Lipinski definition) is 6. The number of nitrogens with two attached hydrogens (primary N) is 1. The molecule has 1 aromatic heterocycles. The number of hydrogen-bond donors (Lipinski definition) is 2. The average molecular weight is 335 g/mol. The van der Waals surface area contributed by atoms with E-state index in [4.69, 9.17) is 10.5 Å². The summed E-state index contributed by atoms with van der Waals surface area (Å²) >= 11 is 0. The van der Waals surface area contributed by atoms with Gasteiger partial charge in [-0.3, -0.25) is 0 Å². The molecule has 2 aromatic carbocycles. The molecule has 3 N–H and O–H groups in total. The molecule has 1 heterocycles. The van der Waals surface area contributed by atoms with Crippen LogP contribution in [-0.2, 0) is 6.61 Å². The van der Waals surface area contributed by atoms with Crippen LogP contribution in [-0.4, -0.2) is 15.0 Å². The SMILES string of the molecule is Cc1ccc(Nc2nc(N)nc(COc3cccc(C)c3C)n2)cc1. The van der Waals surface area contributed by atoms with Crippen molar-refractivity contribution in [1.82, 2.24) is 15.0 Å². The molecule has 0 atom stereocenters. The minimum atomic E-state index is 0.157. The molecule has 0 unspecified atom stereocenters. The van der Waals surface area contributed by atoms with Crippen molar-refractivity contribution in [3.63, 3.8) is 0 Å². The Bertz CT molecular complexity index is 877. The van der Waals surface area contributed by atoms with Crippen LogP contribution in [0.1, 0.15) is 22.5 Å². The first kappa shape index (κ1) is 16.7. The lowest BCUT2D eigenvalue weighted by molar-refractivity contribution is 0.293. The highest BCUT2D eigenvalue weighted by atomic mass is 16.5. The quantitative estimate of drug-likeness (QED) is 0.739. The zero-order valence-electron chi connectivity index (χ0n) is 14.6. The van der Waals surface area contributed by atoms with Gasteiger partial charge in [-0.15, -0.1) is 0 Å². The number of aromatic nitrogens is 3. The molecule has 0 spiro atoms. The normalized spacial score (nSPS) is 10.5. The number of nitrogens with one attached hydrogen (secondary N) is 1. The van der Waals surface area contributed by atoms with E-state index in [0.29, 0.717) is 11.8 Å². The van der Waals surface area contributed by atoms with Crippen LogP contribution in [0.15, 0.2) is 42.5 Å². The van der Waals surface area contributed by atoms with Crippen molar-refractivity contribution >= 4 is 17.6 Å². The highest BCUT2D eigenvalue weighted by Crippen LogP contribution is 2.21. The predicted octanol–water partition coefficient (Wildman–Crippen LogP) is 3.70. The van der Waals surface area contributed by atoms with Crippen molar-refractivity contribution in [2.24, 2.45) is 0 Å². The van der Waals surface area contributed by atoms with E-state index in [1.54, 1.807) is 0 Å². The number of benzene rings is 2. The van der Waals surface area contributed by atoms with Gasteiger partial charge in [0.1, 0.15) is 12.4 Å². The molecule has 128 valence electrons. The molecule has 0 radical (unpaired) electrons. The van der Waals surface area contributed by atoms with E-state index < -0.39 is 0 Å². The Morgan fingerprint density at radius 3 is 2.48 bits per heavy atom. The van der Waals surface area contributed by atoms with Crippen LogP contribution >= 0.6 is 0 Å². The van der Waals surface area contributed by atoms with Crippen LogP contribution in [0.2, 0.25) is 0 Å². The predicted molar refractivity (Wildman–Crippen MR) is 98.9 cm³/mol. The highest BCUT2D eigenvalue weighted by molar-refractivity contribution is 5.54. The summed E-state index contributed by atoms with van der Waals surface area (Å²) in [5, 5.41) is 3.13. The van der Waals surface area contributed by atoms with Gasteiger partial charge in [-0.2, -0.15) is 15.0 Å². The highest BCUT2D eigenvalue weighted by Gasteiger charge is 2.08. The molecule has 0 aliphatic carbocycles. The van der Waals surface area contributed by atoms with E-state index >= 15 is 0 Å². The maximum atomic E-state index is 5.84. The standard InChI is InChI=1S/C19H21N5O/c1-12-7-9-15(10-8-12)21-19-23-17(22-18(20)24-19)11-25-16-6-4-5-13(2)14(16)3/h4-10H,11H2,1-3H3,(H3,20,21,22,23,24). The number of ether oxygens (including phenoxy) is 1. The molecule has 25 heavy (non-hydrogen) atoms. The molecule has 6 nitrogen and oxygen atoms in total. The maximum absolute atomic E-state index is 5.84. The average Bonchev–Trinajstić information content (AvgIpc) is 2.58. The monoisotopic (exact) mass is 335 g/mol. The van der Waals surface area contributed by atoms with Gasteiger partial charge in [0.15, 0.2) is 5.82 Å². The van der Waals surface area contributed by atoms with Crippen molar-refractivity contribution in [2.45, 2.75) is 27.4 Å². The minimum absolute atomic E-state index is 0.157. The maximum Gasteiger partial charge on any atom is 0.232 e. The largest absolute Gasteiger partial charge is 0.485 e. The molecule has 0 amide bonds. The smallest absolute Gasteiger partial charge is 0.232 e. The van der Waals surface area contributed by atoms with Crippen molar-refractivity contribution in [3.05, 3.63) is 65.0 Å². The number of nitrogen functional groups attached to an aromatic ring is 1. The second-order valence-electron chi connectivity index (χ2n) is 5.91. The third-order valence-corrected chi connectivity index (χ3v) is 3.92. The molecule has 0 bridgehead atoms. The molecule has 6 heteroatoms. The zero-order valence-corrected chi connectivity index (χ0v) is 14.6. The lowest BCUT2D eigenvalue weighted by Crippen LogP contribution is -2.09. The van der Waals surface area contributed by atoms with E-state index in [1.165, 1.54) is 11.1 Å². The molecule has 0 aliphatic rings. The molecule has 3 aromatic rings. The lowest BCUT2D eigenvalue weighted by Gasteiger charge is -2.11. The molecule has 0 saturated carbocycles. The summed E-state index contributed by atoms with van der Waals surface area (Å²) in [5.74, 6) is 1.84. The minimum Gasteiger partial charge on any atom is -0.485 e. The summed E-state index contributed by atoms with van der Waals surface area (Å²) in [5.41, 5.74) is 10.1. The first-order chi connectivity index (χ1) is 12.0. The Morgan fingerprint density at radius 2 is 1.72 bits per heavy atom. The summed E-state index contributed by atoms with van der Waals surface area (Å²) in [4.78, 5) is 12.7. The summed E-state index contributed by atoms with van der Waals surface area (Å²) in [6, 6.07) is 13.9. The zero-order chi connectivity index (χ0) is 17.8. The van der Waals surface area contributed by atoms with E-state index in [1.807, 2.05) is 63.2 Å². The van der Waals surface area contributed by atoms with Crippen LogP contribution in [0.5, 0.6) is 5.75 Å². The number of nitrogens with zero attached hydrogens (tertiary/aromatic N) is 3. The van der Waals surface area contributed by atoms with Crippen molar-refractivity contribution < 1.29 is 4.74 Å². The first-order valence-corrected chi connectivity index (χ1v) is 8.04. The summed E-state index contributed by atoms with van der Waals surface area (Å²) in [6.07, 6.45) is 0. The molecular formula is C19H21N5O. The van der Waals surface area contributed by atoms with Gasteiger partial charge < -0.3 is 15.8 Å². The fourth-order valence-corrected chi connectivity index (χ4v) is 2.35. The molecule has 0 aliphatic heterocycles. The van der Waals surface area contributed by atoms with Crippen LogP contribution in [0.4, 0.5) is 17.6 Å². The van der Waals surface area contributed by atoms with Crippen molar-refractivity contribution in [1.29, 1.82) is 0 Å². The van der Waals surface area contributed by atoms with Crippen molar-refractivity contribution in [2.75, 3.05) is 11.1 Å². The lowest BCUT2D eigenvalue weighted by atomic mass is 10.1. The Kier molecular flexibility index (Phi) is 4.79. The van der Waals surface area contributed by atoms with Gasteiger partial charge >= 0.3 is 0 Å². The van der Waals surface area contributed by atoms with Crippen LogP contribution < -0.4 is 15.8 Å². The van der Waals surface area contributed by atoms with E-state index in [9.17, 15) is 0 Å². The van der Waals surface area contributed by atoms with Gasteiger partial charge in [0, 0.05) is 5.69 Å². The molecule has 0 fully saturated rings. The molecule has 3 rings (SSSR count). The van der Waals surface area contributed by atoms with Gasteiger partial charge in [0.2, 0.25) is 11.9 Å². The number of rotatable bonds is 5. The Hall–Kier alpha value is -3.15. The third-order valence-electron chi connectivity index (χ3n) is 3.92. The van der Waals surface area contributed by atoms with Crippen LogP contribution in [0, 0.1) is 20.8 Å². The fourth-order valence-electron chi connectivity index (χ4n) is 2.35. The van der Waals surface area contributed by atoms with Gasteiger partial charge in [-0.05, 0) is 50.1 Å². The number of aryl methyl sites for hydroxylation is 2.